The van der Waals surface area contributed by atoms with Gasteiger partial charge in [0, 0.05) is 25.1 Å². The van der Waals surface area contributed by atoms with Crippen LogP contribution in [0.3, 0.4) is 0 Å². The maximum Gasteiger partial charge on any atom is 0.252 e. The van der Waals surface area contributed by atoms with Crippen LogP contribution in [0.5, 0.6) is 0 Å². The minimum Gasteiger partial charge on any atom is -0.393 e. The molecule has 1 aliphatic rings. The summed E-state index contributed by atoms with van der Waals surface area (Å²) in [7, 11) is 0. The summed E-state index contributed by atoms with van der Waals surface area (Å²) in [5.74, 6) is 0.980. The molecule has 0 saturated carbocycles. The normalized spacial score (nSPS) is 23.1. The molecule has 0 aliphatic carbocycles. The van der Waals surface area contributed by atoms with Crippen molar-refractivity contribution >= 4 is 5.82 Å². The van der Waals surface area contributed by atoms with Gasteiger partial charge in [-0.3, -0.25) is 4.79 Å². The molecule has 82 valence electrons. The summed E-state index contributed by atoms with van der Waals surface area (Å²) in [5, 5.41) is 9.46. The molecular weight excluding hydrogens is 194 g/mol. The van der Waals surface area contributed by atoms with Crippen molar-refractivity contribution in [2.75, 3.05) is 18.0 Å². The van der Waals surface area contributed by atoms with Gasteiger partial charge in [-0.25, -0.2) is 4.98 Å². The summed E-state index contributed by atoms with van der Waals surface area (Å²) >= 11 is 0. The summed E-state index contributed by atoms with van der Waals surface area (Å²) in [6, 6.07) is 1.49. The number of aromatic amines is 1. The van der Waals surface area contributed by atoms with E-state index in [0.29, 0.717) is 5.82 Å². The summed E-state index contributed by atoms with van der Waals surface area (Å²) in [6.07, 6.45) is 2.07. The van der Waals surface area contributed by atoms with Crippen molar-refractivity contribution in [1.29, 1.82) is 0 Å². The van der Waals surface area contributed by atoms with E-state index < -0.39 is 0 Å². The lowest BCUT2D eigenvalue weighted by Gasteiger charge is -2.17. The Morgan fingerprint density at radius 3 is 3.13 bits per heavy atom. The van der Waals surface area contributed by atoms with Gasteiger partial charge in [0.2, 0.25) is 0 Å². The summed E-state index contributed by atoms with van der Waals surface area (Å²) in [5.41, 5.74) is -0.138. The maximum absolute atomic E-state index is 11.1. The van der Waals surface area contributed by atoms with Gasteiger partial charge in [0.25, 0.3) is 5.56 Å². The molecule has 0 radical (unpaired) electrons. The Morgan fingerprint density at radius 2 is 2.53 bits per heavy atom. The Kier molecular flexibility index (Phi) is 2.73. The second-order valence-electron chi connectivity index (χ2n) is 4.00. The van der Waals surface area contributed by atoms with Gasteiger partial charge in [0.15, 0.2) is 0 Å². The van der Waals surface area contributed by atoms with Crippen LogP contribution in [-0.4, -0.2) is 34.3 Å². The van der Waals surface area contributed by atoms with Crippen LogP contribution in [0.2, 0.25) is 0 Å². The Hall–Kier alpha value is -1.36. The zero-order valence-electron chi connectivity index (χ0n) is 8.68. The number of rotatable bonds is 2. The highest BCUT2D eigenvalue weighted by Gasteiger charge is 2.26. The Bertz CT molecular complexity index is 388. The first-order valence-electron chi connectivity index (χ1n) is 5.14. The summed E-state index contributed by atoms with van der Waals surface area (Å²) in [4.78, 5) is 19.7. The molecule has 0 amide bonds. The first-order valence-corrected chi connectivity index (χ1v) is 5.14. The van der Waals surface area contributed by atoms with Crippen LogP contribution in [0.4, 0.5) is 5.82 Å². The highest BCUT2D eigenvalue weighted by molar-refractivity contribution is 5.37. The fraction of sp³-hybridized carbons (Fsp3) is 0.600. The lowest BCUT2D eigenvalue weighted by molar-refractivity contribution is 0.136. The van der Waals surface area contributed by atoms with E-state index in [0.717, 1.165) is 19.5 Å². The molecule has 5 heteroatoms. The van der Waals surface area contributed by atoms with Gasteiger partial charge in [-0.15, -0.1) is 0 Å². The van der Waals surface area contributed by atoms with Crippen molar-refractivity contribution in [1.82, 2.24) is 9.97 Å². The fourth-order valence-corrected chi connectivity index (χ4v) is 1.92. The molecule has 0 bridgehead atoms. The number of aliphatic hydroxyl groups is 1. The van der Waals surface area contributed by atoms with E-state index in [1.807, 2.05) is 4.90 Å². The topological polar surface area (TPSA) is 69.2 Å². The molecular formula is C10H15N3O2. The Balaban J connectivity index is 2.11. The monoisotopic (exact) mass is 209 g/mol. The van der Waals surface area contributed by atoms with E-state index in [2.05, 4.69) is 9.97 Å². The minimum absolute atomic E-state index is 0.138. The molecule has 2 atom stereocenters. The lowest BCUT2D eigenvalue weighted by Crippen LogP contribution is -2.25. The van der Waals surface area contributed by atoms with Crippen molar-refractivity contribution in [2.24, 2.45) is 5.92 Å². The second kappa shape index (κ2) is 4.02. The van der Waals surface area contributed by atoms with E-state index in [1.165, 1.54) is 12.4 Å². The van der Waals surface area contributed by atoms with Crippen LogP contribution in [0.15, 0.2) is 17.2 Å². The minimum atomic E-state index is -0.294. The van der Waals surface area contributed by atoms with Crippen LogP contribution in [0.25, 0.3) is 0 Å². The molecule has 2 rings (SSSR count). The van der Waals surface area contributed by atoms with E-state index >= 15 is 0 Å². The van der Waals surface area contributed by atoms with E-state index in [4.69, 9.17) is 0 Å². The average Bonchev–Trinajstić information content (AvgIpc) is 2.66. The number of aromatic nitrogens is 2. The molecule has 0 aromatic carbocycles. The maximum atomic E-state index is 11.1. The van der Waals surface area contributed by atoms with Gasteiger partial charge in [0.05, 0.1) is 12.4 Å². The predicted octanol–water partition coefficient (Wildman–Crippen LogP) is -0.0230. The molecule has 1 fully saturated rings. The SMILES string of the molecule is CC(O)C1CCN(c2cc(=O)[nH]cn2)C1. The van der Waals surface area contributed by atoms with Crippen molar-refractivity contribution in [3.05, 3.63) is 22.7 Å². The third-order valence-corrected chi connectivity index (χ3v) is 2.89. The number of hydrogen-bond acceptors (Lipinski definition) is 4. The first-order chi connectivity index (χ1) is 7.16. The second-order valence-corrected chi connectivity index (χ2v) is 4.00. The summed E-state index contributed by atoms with van der Waals surface area (Å²) < 4.78 is 0. The molecule has 5 nitrogen and oxygen atoms in total. The van der Waals surface area contributed by atoms with Crippen LogP contribution >= 0.6 is 0 Å². The van der Waals surface area contributed by atoms with Crippen LogP contribution in [0.1, 0.15) is 13.3 Å². The zero-order valence-corrected chi connectivity index (χ0v) is 8.68. The molecule has 2 unspecified atom stereocenters. The average molecular weight is 209 g/mol. The van der Waals surface area contributed by atoms with Gasteiger partial charge >= 0.3 is 0 Å². The first kappa shape index (κ1) is 10.2. The standard InChI is InChI=1S/C10H15N3O2/c1-7(14)8-2-3-13(5-8)9-4-10(15)12-6-11-9/h4,6-8,14H,2-3,5H2,1H3,(H,11,12,15). The van der Waals surface area contributed by atoms with E-state index in [-0.39, 0.29) is 17.6 Å². The number of hydrogen-bond donors (Lipinski definition) is 2. The summed E-state index contributed by atoms with van der Waals surface area (Å²) in [6.45, 7) is 3.43. The molecule has 1 aromatic rings. The van der Waals surface area contributed by atoms with E-state index in [9.17, 15) is 9.90 Å². The van der Waals surface area contributed by atoms with Crippen LogP contribution in [0, 0.1) is 5.92 Å². The van der Waals surface area contributed by atoms with Crippen LogP contribution in [-0.2, 0) is 0 Å². The number of aliphatic hydroxyl groups excluding tert-OH is 1. The molecule has 2 N–H and O–H groups in total. The number of H-pyrrole nitrogens is 1. The number of anilines is 1. The number of nitrogens with one attached hydrogen (secondary N) is 1. The Labute approximate surface area is 87.8 Å². The number of nitrogens with zero attached hydrogens (tertiary/aromatic N) is 2. The molecule has 0 spiro atoms. The van der Waals surface area contributed by atoms with Crippen molar-refractivity contribution in [3.8, 4) is 0 Å². The quantitative estimate of drug-likeness (QED) is 0.718. The zero-order chi connectivity index (χ0) is 10.8. The molecule has 1 aromatic heterocycles. The third kappa shape index (κ3) is 2.18. The molecule has 1 saturated heterocycles. The lowest BCUT2D eigenvalue weighted by atomic mass is 10.0. The van der Waals surface area contributed by atoms with Gasteiger partial charge in [-0.1, -0.05) is 0 Å². The highest BCUT2D eigenvalue weighted by atomic mass is 16.3. The smallest absolute Gasteiger partial charge is 0.252 e. The fourth-order valence-electron chi connectivity index (χ4n) is 1.92. The largest absolute Gasteiger partial charge is 0.393 e. The highest BCUT2D eigenvalue weighted by Crippen LogP contribution is 2.22. The van der Waals surface area contributed by atoms with Crippen molar-refractivity contribution in [3.63, 3.8) is 0 Å². The Morgan fingerprint density at radius 1 is 1.73 bits per heavy atom. The van der Waals surface area contributed by atoms with Gasteiger partial charge in [0.1, 0.15) is 5.82 Å². The molecule has 1 aliphatic heterocycles. The third-order valence-electron chi connectivity index (χ3n) is 2.89. The molecule has 15 heavy (non-hydrogen) atoms. The predicted molar refractivity (Wildman–Crippen MR) is 56.9 cm³/mol. The van der Waals surface area contributed by atoms with E-state index in [1.54, 1.807) is 6.92 Å². The van der Waals surface area contributed by atoms with Crippen molar-refractivity contribution < 1.29 is 5.11 Å². The van der Waals surface area contributed by atoms with Gasteiger partial charge in [-0.2, -0.15) is 0 Å². The van der Waals surface area contributed by atoms with Crippen LogP contribution < -0.4 is 10.5 Å². The van der Waals surface area contributed by atoms with Gasteiger partial charge < -0.3 is 15.0 Å². The molecule has 2 heterocycles. The van der Waals surface area contributed by atoms with Crippen molar-refractivity contribution in [2.45, 2.75) is 19.4 Å². The van der Waals surface area contributed by atoms with Gasteiger partial charge in [-0.05, 0) is 13.3 Å².